The van der Waals surface area contributed by atoms with Crippen LogP contribution in [0.15, 0.2) is 22.7 Å². The molecular formula is C17H25BrN2O3S. The summed E-state index contributed by atoms with van der Waals surface area (Å²) in [6.45, 7) is 3.92. The van der Waals surface area contributed by atoms with Crippen molar-refractivity contribution in [2.45, 2.75) is 32.6 Å². The van der Waals surface area contributed by atoms with Crippen LogP contribution in [0.4, 0.5) is 0 Å². The Morgan fingerprint density at radius 2 is 2.04 bits per heavy atom. The number of halogens is 1. The first-order valence-corrected chi connectivity index (χ1v) is 9.29. The molecule has 0 saturated carbocycles. The number of carbonyl (C=O) groups excluding carboxylic acids is 1. The Labute approximate surface area is 157 Å². The number of methoxy groups -OCH3 is 1. The maximum absolute atomic E-state index is 12.2. The Balaban J connectivity index is 2.47. The van der Waals surface area contributed by atoms with E-state index in [1.807, 2.05) is 0 Å². The third-order valence-electron chi connectivity index (χ3n) is 3.27. The lowest BCUT2D eigenvalue weighted by molar-refractivity contribution is 0.0976. The van der Waals surface area contributed by atoms with Crippen LogP contribution < -0.4 is 15.4 Å². The Bertz CT molecular complexity index is 541. The quantitative estimate of drug-likeness (QED) is 0.450. The number of hydrogen-bond acceptors (Lipinski definition) is 4. The third kappa shape index (κ3) is 8.08. The molecule has 0 bridgehead atoms. The van der Waals surface area contributed by atoms with Crippen molar-refractivity contribution < 1.29 is 14.3 Å². The van der Waals surface area contributed by atoms with Crippen molar-refractivity contribution in [3.05, 3.63) is 28.2 Å². The van der Waals surface area contributed by atoms with E-state index >= 15 is 0 Å². The molecule has 0 aliphatic rings. The van der Waals surface area contributed by atoms with Crippen LogP contribution in [0, 0.1) is 0 Å². The van der Waals surface area contributed by atoms with Gasteiger partial charge in [0.25, 0.3) is 5.91 Å². The van der Waals surface area contributed by atoms with Crippen LogP contribution in [-0.4, -0.2) is 37.9 Å². The van der Waals surface area contributed by atoms with E-state index < -0.39 is 0 Å². The predicted octanol–water partition coefficient (Wildman–Crippen LogP) is 3.66. The molecule has 24 heavy (non-hydrogen) atoms. The van der Waals surface area contributed by atoms with Crippen LogP contribution in [0.1, 0.15) is 43.0 Å². The van der Waals surface area contributed by atoms with Gasteiger partial charge in [-0.2, -0.15) is 0 Å². The average Bonchev–Trinajstić information content (AvgIpc) is 2.56. The van der Waals surface area contributed by atoms with Gasteiger partial charge in [0, 0.05) is 19.2 Å². The van der Waals surface area contributed by atoms with E-state index in [4.69, 9.17) is 21.7 Å². The zero-order valence-corrected chi connectivity index (χ0v) is 16.6. The molecule has 0 saturated heterocycles. The van der Waals surface area contributed by atoms with E-state index in [2.05, 4.69) is 33.5 Å². The molecule has 0 heterocycles. The number of carbonyl (C=O) groups is 1. The van der Waals surface area contributed by atoms with Gasteiger partial charge in [0.15, 0.2) is 5.11 Å². The number of unbranched alkanes of at least 4 members (excludes halogenated alkanes) is 3. The van der Waals surface area contributed by atoms with E-state index in [9.17, 15) is 4.79 Å². The molecule has 5 nitrogen and oxygen atoms in total. The van der Waals surface area contributed by atoms with E-state index in [0.717, 1.165) is 16.6 Å². The summed E-state index contributed by atoms with van der Waals surface area (Å²) in [7, 11) is 1.61. The highest BCUT2D eigenvalue weighted by atomic mass is 79.9. The molecule has 1 aromatic rings. The topological polar surface area (TPSA) is 59.6 Å². The van der Waals surface area contributed by atoms with Crippen molar-refractivity contribution >= 4 is 39.2 Å². The van der Waals surface area contributed by atoms with Gasteiger partial charge in [0.2, 0.25) is 0 Å². The first kappa shape index (κ1) is 20.9. The molecule has 1 amide bonds. The lowest BCUT2D eigenvalue weighted by Crippen LogP contribution is -2.40. The second-order valence-corrected chi connectivity index (χ2v) is 6.52. The summed E-state index contributed by atoms with van der Waals surface area (Å²) in [4.78, 5) is 12.2. The van der Waals surface area contributed by atoms with E-state index in [1.54, 1.807) is 25.3 Å². The summed E-state index contributed by atoms with van der Waals surface area (Å²) in [5.74, 6) is 0.476. The van der Waals surface area contributed by atoms with Crippen LogP contribution in [0.5, 0.6) is 5.75 Å². The normalized spacial score (nSPS) is 10.3. The Morgan fingerprint density at radius 3 is 2.71 bits per heavy atom. The third-order valence-corrected chi connectivity index (χ3v) is 4.13. The fraction of sp³-hybridized carbons (Fsp3) is 0.529. The van der Waals surface area contributed by atoms with Gasteiger partial charge < -0.3 is 14.8 Å². The molecule has 0 spiro atoms. The highest BCUT2D eigenvalue weighted by molar-refractivity contribution is 9.10. The zero-order valence-electron chi connectivity index (χ0n) is 14.2. The van der Waals surface area contributed by atoms with Gasteiger partial charge in [0.05, 0.1) is 17.7 Å². The van der Waals surface area contributed by atoms with Crippen LogP contribution in [0.25, 0.3) is 0 Å². The number of ether oxygens (including phenoxy) is 2. The highest BCUT2D eigenvalue weighted by Gasteiger charge is 2.10. The Morgan fingerprint density at radius 1 is 1.25 bits per heavy atom. The fourth-order valence-corrected chi connectivity index (χ4v) is 2.64. The van der Waals surface area contributed by atoms with Crippen molar-refractivity contribution in [3.8, 4) is 5.75 Å². The van der Waals surface area contributed by atoms with Gasteiger partial charge in [-0.05, 0) is 52.8 Å². The molecule has 134 valence electrons. The second-order valence-electron chi connectivity index (χ2n) is 5.26. The first-order chi connectivity index (χ1) is 11.6. The summed E-state index contributed by atoms with van der Waals surface area (Å²) in [5, 5.41) is 5.81. The molecule has 1 rings (SSSR count). The monoisotopic (exact) mass is 416 g/mol. The summed E-state index contributed by atoms with van der Waals surface area (Å²) in [6.07, 6.45) is 4.63. The van der Waals surface area contributed by atoms with E-state index in [1.165, 1.54) is 19.3 Å². The van der Waals surface area contributed by atoms with Crippen molar-refractivity contribution in [3.63, 3.8) is 0 Å². The van der Waals surface area contributed by atoms with Crippen molar-refractivity contribution in [2.75, 3.05) is 26.9 Å². The number of hydrogen-bond donors (Lipinski definition) is 2. The van der Waals surface area contributed by atoms with Crippen LogP contribution in [0.3, 0.4) is 0 Å². The van der Waals surface area contributed by atoms with E-state index in [-0.39, 0.29) is 11.0 Å². The molecule has 0 aliphatic carbocycles. The molecule has 0 fully saturated rings. The van der Waals surface area contributed by atoms with Gasteiger partial charge in [-0.3, -0.25) is 10.1 Å². The van der Waals surface area contributed by atoms with Crippen molar-refractivity contribution in [1.82, 2.24) is 10.6 Å². The number of nitrogens with one attached hydrogen (secondary N) is 2. The number of amides is 1. The molecule has 0 unspecified atom stereocenters. The maximum atomic E-state index is 12.2. The summed E-state index contributed by atoms with van der Waals surface area (Å²) < 4.78 is 11.4. The smallest absolute Gasteiger partial charge is 0.257 e. The fourth-order valence-electron chi connectivity index (χ4n) is 1.96. The zero-order chi connectivity index (χ0) is 17.8. The lowest BCUT2D eigenvalue weighted by atomic mass is 10.2. The molecule has 1 aromatic carbocycles. The van der Waals surface area contributed by atoms with Crippen LogP contribution in [0.2, 0.25) is 0 Å². The summed E-state index contributed by atoms with van der Waals surface area (Å²) >= 11 is 8.51. The van der Waals surface area contributed by atoms with Crippen molar-refractivity contribution in [2.24, 2.45) is 0 Å². The molecule has 0 aliphatic heterocycles. The van der Waals surface area contributed by atoms with Crippen LogP contribution in [-0.2, 0) is 4.74 Å². The van der Waals surface area contributed by atoms with Gasteiger partial charge in [-0.25, -0.2) is 0 Å². The Kier molecular flexibility index (Phi) is 10.6. The molecule has 2 N–H and O–H groups in total. The van der Waals surface area contributed by atoms with Crippen LogP contribution >= 0.6 is 28.1 Å². The standard InChI is InChI=1S/C17H25BrN2O3S/c1-3-4-5-6-10-23-15-8-7-13(12-14(15)18)16(21)20-17(24)19-9-11-22-2/h7-8,12H,3-6,9-11H2,1-2H3,(H2,19,20,21,24). The Hall–Kier alpha value is -1.18. The molecule has 0 atom stereocenters. The number of rotatable bonds is 10. The molecule has 7 heteroatoms. The minimum atomic E-state index is -0.264. The van der Waals surface area contributed by atoms with Gasteiger partial charge in [0.1, 0.15) is 5.75 Å². The summed E-state index contributed by atoms with van der Waals surface area (Å²) in [6, 6.07) is 5.24. The first-order valence-electron chi connectivity index (χ1n) is 8.09. The lowest BCUT2D eigenvalue weighted by Gasteiger charge is -2.11. The van der Waals surface area contributed by atoms with Gasteiger partial charge in [-0.15, -0.1) is 0 Å². The molecular weight excluding hydrogens is 392 g/mol. The minimum absolute atomic E-state index is 0.264. The SMILES string of the molecule is CCCCCCOc1ccc(C(=O)NC(=S)NCCOC)cc1Br. The molecule has 0 aromatic heterocycles. The highest BCUT2D eigenvalue weighted by Crippen LogP contribution is 2.26. The second kappa shape index (κ2) is 12.2. The predicted molar refractivity (Wildman–Crippen MR) is 104 cm³/mol. The number of thiocarbonyl (C=S) groups is 1. The maximum Gasteiger partial charge on any atom is 0.257 e. The van der Waals surface area contributed by atoms with Gasteiger partial charge in [-0.1, -0.05) is 26.2 Å². The van der Waals surface area contributed by atoms with E-state index in [0.29, 0.717) is 25.3 Å². The number of benzene rings is 1. The largest absolute Gasteiger partial charge is 0.492 e. The summed E-state index contributed by atoms with van der Waals surface area (Å²) in [5.41, 5.74) is 0.510. The van der Waals surface area contributed by atoms with Crippen molar-refractivity contribution in [1.29, 1.82) is 0 Å². The molecule has 0 radical (unpaired) electrons. The van der Waals surface area contributed by atoms with Gasteiger partial charge >= 0.3 is 0 Å². The minimum Gasteiger partial charge on any atom is -0.492 e. The average molecular weight is 417 g/mol.